The zero-order chi connectivity index (χ0) is 16.0. The maximum atomic E-state index is 11.9. The second-order valence-electron chi connectivity index (χ2n) is 5.68. The van der Waals surface area contributed by atoms with Gasteiger partial charge < -0.3 is 20.7 Å². The van der Waals surface area contributed by atoms with Crippen LogP contribution in [-0.4, -0.2) is 51.8 Å². The normalized spacial score (nSPS) is 15.7. The number of amides is 1. The SMILES string of the molecule is CCOCCNC(=NC)NCCNC(=O)CC1CCCCC1.I. The van der Waals surface area contributed by atoms with Crippen LogP contribution in [0.2, 0.25) is 0 Å². The van der Waals surface area contributed by atoms with E-state index in [2.05, 4.69) is 20.9 Å². The number of ether oxygens (including phenoxy) is 1. The molecule has 0 radical (unpaired) electrons. The molecular weight excluding hydrogens is 407 g/mol. The smallest absolute Gasteiger partial charge is 0.220 e. The fourth-order valence-electron chi connectivity index (χ4n) is 2.71. The summed E-state index contributed by atoms with van der Waals surface area (Å²) in [6.45, 7) is 5.38. The maximum absolute atomic E-state index is 11.9. The number of carbonyl (C=O) groups excluding carboxylic acids is 1. The van der Waals surface area contributed by atoms with E-state index < -0.39 is 0 Å². The van der Waals surface area contributed by atoms with Crippen molar-refractivity contribution >= 4 is 35.8 Å². The predicted molar refractivity (Wildman–Crippen MR) is 105 cm³/mol. The predicted octanol–water partition coefficient (Wildman–Crippen LogP) is 1.89. The van der Waals surface area contributed by atoms with E-state index in [4.69, 9.17) is 4.74 Å². The van der Waals surface area contributed by atoms with Crippen LogP contribution >= 0.6 is 24.0 Å². The van der Waals surface area contributed by atoms with Crippen LogP contribution in [0.5, 0.6) is 0 Å². The first-order valence-corrected chi connectivity index (χ1v) is 8.55. The Balaban J connectivity index is 0.00000484. The molecule has 0 aromatic heterocycles. The molecule has 136 valence electrons. The number of nitrogens with one attached hydrogen (secondary N) is 3. The van der Waals surface area contributed by atoms with Gasteiger partial charge in [-0.15, -0.1) is 24.0 Å². The lowest BCUT2D eigenvalue weighted by Gasteiger charge is -2.20. The second-order valence-corrected chi connectivity index (χ2v) is 5.68. The minimum atomic E-state index is 0. The molecule has 0 spiro atoms. The quantitative estimate of drug-likeness (QED) is 0.222. The summed E-state index contributed by atoms with van der Waals surface area (Å²) in [5.41, 5.74) is 0. The number of hydrogen-bond acceptors (Lipinski definition) is 3. The van der Waals surface area contributed by atoms with Crippen molar-refractivity contribution in [2.45, 2.75) is 45.4 Å². The third-order valence-electron chi connectivity index (χ3n) is 3.91. The lowest BCUT2D eigenvalue weighted by molar-refractivity contribution is -0.122. The van der Waals surface area contributed by atoms with E-state index >= 15 is 0 Å². The monoisotopic (exact) mass is 440 g/mol. The van der Waals surface area contributed by atoms with Gasteiger partial charge in [-0.1, -0.05) is 19.3 Å². The topological polar surface area (TPSA) is 74.8 Å². The first-order chi connectivity index (χ1) is 10.8. The van der Waals surface area contributed by atoms with Crippen LogP contribution in [0.4, 0.5) is 0 Å². The van der Waals surface area contributed by atoms with Crippen LogP contribution in [0.15, 0.2) is 4.99 Å². The minimum Gasteiger partial charge on any atom is -0.380 e. The van der Waals surface area contributed by atoms with Crippen molar-refractivity contribution in [2.24, 2.45) is 10.9 Å². The van der Waals surface area contributed by atoms with Gasteiger partial charge in [-0.25, -0.2) is 0 Å². The van der Waals surface area contributed by atoms with Gasteiger partial charge in [0.15, 0.2) is 5.96 Å². The van der Waals surface area contributed by atoms with Crippen molar-refractivity contribution in [1.82, 2.24) is 16.0 Å². The molecule has 0 unspecified atom stereocenters. The number of rotatable bonds is 9. The molecule has 6 nitrogen and oxygen atoms in total. The molecule has 1 saturated carbocycles. The molecule has 0 saturated heterocycles. The van der Waals surface area contributed by atoms with Crippen molar-refractivity contribution in [2.75, 3.05) is 39.9 Å². The second kappa shape index (κ2) is 15.0. The lowest BCUT2D eigenvalue weighted by Crippen LogP contribution is -2.42. The Bertz CT molecular complexity index is 334. The first kappa shape index (κ1) is 22.4. The Morgan fingerprint density at radius 3 is 2.39 bits per heavy atom. The third kappa shape index (κ3) is 11.6. The Morgan fingerprint density at radius 2 is 1.74 bits per heavy atom. The summed E-state index contributed by atoms with van der Waals surface area (Å²) in [6.07, 6.45) is 7.00. The summed E-state index contributed by atoms with van der Waals surface area (Å²) in [5, 5.41) is 9.31. The molecule has 1 fully saturated rings. The van der Waals surface area contributed by atoms with E-state index in [0.29, 0.717) is 32.0 Å². The van der Waals surface area contributed by atoms with Gasteiger partial charge in [0, 0.05) is 39.7 Å². The van der Waals surface area contributed by atoms with Crippen molar-refractivity contribution in [3.63, 3.8) is 0 Å². The number of guanidine groups is 1. The van der Waals surface area contributed by atoms with Gasteiger partial charge >= 0.3 is 0 Å². The van der Waals surface area contributed by atoms with Gasteiger partial charge in [0.2, 0.25) is 5.91 Å². The van der Waals surface area contributed by atoms with Crippen molar-refractivity contribution in [3.05, 3.63) is 0 Å². The Kier molecular flexibility index (Phi) is 14.6. The van der Waals surface area contributed by atoms with Crippen molar-refractivity contribution in [1.29, 1.82) is 0 Å². The highest BCUT2D eigenvalue weighted by Gasteiger charge is 2.16. The standard InChI is InChI=1S/C16H32N4O2.HI/c1-3-22-12-11-20-16(17-2)19-10-9-18-15(21)13-14-7-5-4-6-8-14;/h14H,3-13H2,1-2H3,(H,18,21)(H2,17,19,20);1H. The van der Waals surface area contributed by atoms with Gasteiger partial charge in [-0.2, -0.15) is 0 Å². The number of carbonyl (C=O) groups is 1. The van der Waals surface area contributed by atoms with Gasteiger partial charge in [0.25, 0.3) is 0 Å². The molecule has 1 aliphatic carbocycles. The number of hydrogen-bond donors (Lipinski definition) is 3. The summed E-state index contributed by atoms with van der Waals surface area (Å²) in [4.78, 5) is 16.0. The highest BCUT2D eigenvalue weighted by atomic mass is 127. The Labute approximate surface area is 157 Å². The Morgan fingerprint density at radius 1 is 1.09 bits per heavy atom. The lowest BCUT2D eigenvalue weighted by atomic mass is 9.87. The van der Waals surface area contributed by atoms with E-state index in [1.54, 1.807) is 7.05 Å². The number of aliphatic imine (C=N–C) groups is 1. The van der Waals surface area contributed by atoms with Gasteiger partial charge in [-0.3, -0.25) is 9.79 Å². The summed E-state index contributed by atoms with van der Waals surface area (Å²) in [5.74, 6) is 1.50. The van der Waals surface area contributed by atoms with E-state index in [1.165, 1.54) is 32.1 Å². The number of halogens is 1. The van der Waals surface area contributed by atoms with Crippen LogP contribution in [-0.2, 0) is 9.53 Å². The summed E-state index contributed by atoms with van der Waals surface area (Å²) >= 11 is 0. The molecule has 7 heteroatoms. The molecule has 0 aromatic carbocycles. The van der Waals surface area contributed by atoms with E-state index in [1.807, 2.05) is 6.92 Å². The molecule has 1 aliphatic rings. The summed E-state index contributed by atoms with van der Waals surface area (Å²) in [6, 6.07) is 0. The molecule has 0 heterocycles. The summed E-state index contributed by atoms with van der Waals surface area (Å²) < 4.78 is 5.26. The van der Waals surface area contributed by atoms with Crippen LogP contribution in [0.3, 0.4) is 0 Å². The highest BCUT2D eigenvalue weighted by molar-refractivity contribution is 14.0. The zero-order valence-corrected chi connectivity index (χ0v) is 16.9. The van der Waals surface area contributed by atoms with Gasteiger partial charge in [-0.05, 0) is 25.7 Å². The molecule has 0 aliphatic heterocycles. The van der Waals surface area contributed by atoms with Crippen LogP contribution in [0.1, 0.15) is 45.4 Å². The molecule has 1 amide bonds. The number of nitrogens with zero attached hydrogens (tertiary/aromatic N) is 1. The fraction of sp³-hybridized carbons (Fsp3) is 0.875. The maximum Gasteiger partial charge on any atom is 0.220 e. The van der Waals surface area contributed by atoms with E-state index in [0.717, 1.165) is 19.1 Å². The van der Waals surface area contributed by atoms with Gasteiger partial charge in [0.05, 0.1) is 6.61 Å². The van der Waals surface area contributed by atoms with E-state index in [-0.39, 0.29) is 29.9 Å². The molecule has 3 N–H and O–H groups in total. The minimum absolute atomic E-state index is 0. The molecule has 0 aromatic rings. The average molecular weight is 440 g/mol. The average Bonchev–Trinajstić information content (AvgIpc) is 2.54. The molecule has 1 rings (SSSR count). The molecule has 0 atom stereocenters. The molecule has 0 bridgehead atoms. The highest BCUT2D eigenvalue weighted by Crippen LogP contribution is 2.25. The van der Waals surface area contributed by atoms with E-state index in [9.17, 15) is 4.79 Å². The van der Waals surface area contributed by atoms with Gasteiger partial charge in [0.1, 0.15) is 0 Å². The largest absolute Gasteiger partial charge is 0.380 e. The molecule has 23 heavy (non-hydrogen) atoms. The fourth-order valence-corrected chi connectivity index (χ4v) is 2.71. The van der Waals surface area contributed by atoms with Crippen LogP contribution in [0, 0.1) is 5.92 Å². The molecular formula is C16H33IN4O2. The van der Waals surface area contributed by atoms with Crippen molar-refractivity contribution < 1.29 is 9.53 Å². The third-order valence-corrected chi connectivity index (χ3v) is 3.91. The van der Waals surface area contributed by atoms with Crippen LogP contribution in [0.25, 0.3) is 0 Å². The van der Waals surface area contributed by atoms with Crippen LogP contribution < -0.4 is 16.0 Å². The summed E-state index contributed by atoms with van der Waals surface area (Å²) in [7, 11) is 1.73. The Hall–Kier alpha value is -0.570. The van der Waals surface area contributed by atoms with Crippen molar-refractivity contribution in [3.8, 4) is 0 Å². The zero-order valence-electron chi connectivity index (χ0n) is 14.5. The first-order valence-electron chi connectivity index (χ1n) is 8.55.